The molecule has 1 heterocycles. The van der Waals surface area contributed by atoms with Crippen LogP contribution in [-0.2, 0) is 6.42 Å². The molecule has 47 heavy (non-hydrogen) atoms. The smallest absolute Gasteiger partial charge is 0.0362 e. The van der Waals surface area contributed by atoms with E-state index in [1.165, 1.54) is 86.6 Å². The van der Waals surface area contributed by atoms with Gasteiger partial charge in [-0.1, -0.05) is 140 Å². The molecular formula is C46H32S. The highest BCUT2D eigenvalue weighted by Gasteiger charge is 2.36. The van der Waals surface area contributed by atoms with E-state index in [4.69, 9.17) is 0 Å². The van der Waals surface area contributed by atoms with Gasteiger partial charge in [0.1, 0.15) is 0 Å². The largest absolute Gasteiger partial charge is 0.135 e. The Morgan fingerprint density at radius 2 is 1.40 bits per heavy atom. The summed E-state index contributed by atoms with van der Waals surface area (Å²) in [6.45, 7) is 0. The van der Waals surface area contributed by atoms with Gasteiger partial charge >= 0.3 is 0 Å². The van der Waals surface area contributed by atoms with E-state index in [9.17, 15) is 0 Å². The second-order valence-corrected chi connectivity index (χ2v) is 14.2. The van der Waals surface area contributed by atoms with Crippen LogP contribution in [0.5, 0.6) is 0 Å². The topological polar surface area (TPSA) is 0 Å². The van der Waals surface area contributed by atoms with Crippen LogP contribution in [0.3, 0.4) is 0 Å². The molecule has 0 amide bonds. The molecule has 0 bridgehead atoms. The summed E-state index contributed by atoms with van der Waals surface area (Å²) in [5.74, 6) is 0.534. The fraction of sp³-hybridized carbons (Fsp3) is 0.0870. The van der Waals surface area contributed by atoms with Gasteiger partial charge in [-0.25, -0.2) is 0 Å². The third-order valence-electron chi connectivity index (χ3n) is 10.6. The number of rotatable bonds is 3. The zero-order chi connectivity index (χ0) is 30.9. The second-order valence-electron chi connectivity index (χ2n) is 13.1. The Bertz CT molecular complexity index is 2510. The van der Waals surface area contributed by atoms with Crippen LogP contribution >= 0.6 is 11.3 Å². The van der Waals surface area contributed by atoms with Crippen LogP contribution < -0.4 is 0 Å². The van der Waals surface area contributed by atoms with E-state index in [0.29, 0.717) is 0 Å². The first-order valence-corrected chi connectivity index (χ1v) is 17.5. The maximum Gasteiger partial charge on any atom is 0.0362 e. The van der Waals surface area contributed by atoms with Crippen LogP contribution in [-0.4, -0.2) is 0 Å². The molecule has 3 aliphatic carbocycles. The Morgan fingerprint density at radius 3 is 2.32 bits per heavy atom. The molecule has 0 radical (unpaired) electrons. The fourth-order valence-corrected chi connectivity index (χ4v) is 9.63. The standard InChI is InChI=1S/C46H32S/c1-2-13-33-28-43-41(27-32(33)12-1)46-35(20-10-22-42(46)47-43)30-23-25-31(26-24-30)44-37-16-5-7-18-39(37)45(40-19-8-6-17-38(40)44)36-21-9-14-29-11-3-4-15-34(29)36/h1-3,5-14,16-28,37,44H,4,15H2. The summed E-state index contributed by atoms with van der Waals surface area (Å²) in [6.07, 6.45) is 16.1. The molecule has 0 N–H and O–H groups in total. The van der Waals surface area contributed by atoms with Crippen molar-refractivity contribution in [2.75, 3.05) is 0 Å². The van der Waals surface area contributed by atoms with E-state index in [1.807, 2.05) is 11.3 Å². The van der Waals surface area contributed by atoms with Crippen LogP contribution in [0.25, 0.3) is 53.7 Å². The molecule has 0 saturated heterocycles. The molecule has 0 aliphatic heterocycles. The molecule has 1 heteroatoms. The third-order valence-corrected chi connectivity index (χ3v) is 11.7. The lowest BCUT2D eigenvalue weighted by Gasteiger charge is -2.37. The molecule has 7 aromatic rings. The van der Waals surface area contributed by atoms with Gasteiger partial charge in [-0.15, -0.1) is 11.3 Å². The van der Waals surface area contributed by atoms with E-state index in [-0.39, 0.29) is 11.8 Å². The monoisotopic (exact) mass is 616 g/mol. The van der Waals surface area contributed by atoms with Crippen molar-refractivity contribution in [3.05, 3.63) is 191 Å². The summed E-state index contributed by atoms with van der Waals surface area (Å²) in [4.78, 5) is 0. The van der Waals surface area contributed by atoms with Gasteiger partial charge in [0.2, 0.25) is 0 Å². The summed E-state index contributed by atoms with van der Waals surface area (Å²) in [5.41, 5.74) is 13.8. The molecule has 0 nitrogen and oxygen atoms in total. The van der Waals surface area contributed by atoms with Gasteiger partial charge in [-0.05, 0) is 97.5 Å². The Kier molecular flexibility index (Phi) is 6.11. The van der Waals surface area contributed by atoms with Crippen molar-refractivity contribution in [3.8, 4) is 11.1 Å². The van der Waals surface area contributed by atoms with Crippen molar-refractivity contribution in [2.45, 2.75) is 18.8 Å². The molecule has 0 saturated carbocycles. The van der Waals surface area contributed by atoms with Crippen LogP contribution in [0.4, 0.5) is 0 Å². The van der Waals surface area contributed by atoms with Crippen molar-refractivity contribution in [3.63, 3.8) is 0 Å². The summed E-state index contributed by atoms with van der Waals surface area (Å²) >= 11 is 1.90. The average molecular weight is 617 g/mol. The van der Waals surface area contributed by atoms with Crippen molar-refractivity contribution in [1.82, 2.24) is 0 Å². The Balaban J connectivity index is 1.11. The molecule has 222 valence electrons. The number of hydrogen-bond acceptors (Lipinski definition) is 1. The van der Waals surface area contributed by atoms with Crippen LogP contribution in [0.15, 0.2) is 157 Å². The first-order valence-electron chi connectivity index (χ1n) is 16.7. The lowest BCUT2D eigenvalue weighted by Crippen LogP contribution is -2.23. The number of hydrogen-bond donors (Lipinski definition) is 0. The lowest BCUT2D eigenvalue weighted by molar-refractivity contribution is 0.649. The average Bonchev–Trinajstić information content (AvgIpc) is 3.50. The molecule has 10 rings (SSSR count). The van der Waals surface area contributed by atoms with Crippen molar-refractivity contribution in [1.29, 1.82) is 0 Å². The van der Waals surface area contributed by atoms with Crippen LogP contribution in [0, 0.1) is 5.92 Å². The Labute approximate surface area is 279 Å². The molecule has 3 aliphatic rings. The Hall–Kier alpha value is -5.24. The molecule has 0 fully saturated rings. The predicted octanol–water partition coefficient (Wildman–Crippen LogP) is 12.5. The summed E-state index contributed by atoms with van der Waals surface area (Å²) < 4.78 is 2.70. The van der Waals surface area contributed by atoms with E-state index in [1.54, 1.807) is 0 Å². The zero-order valence-corrected chi connectivity index (χ0v) is 26.8. The van der Waals surface area contributed by atoms with E-state index >= 15 is 0 Å². The van der Waals surface area contributed by atoms with E-state index in [2.05, 4.69) is 158 Å². The second kappa shape index (κ2) is 10.7. The van der Waals surface area contributed by atoms with Gasteiger partial charge in [0.25, 0.3) is 0 Å². The summed E-state index contributed by atoms with van der Waals surface area (Å²) in [6, 6.07) is 45.8. The quantitative estimate of drug-likeness (QED) is 0.185. The number of benzene rings is 6. The SMILES string of the molecule is C1=CC2=C(c3cccc4c3CCC=C4)c3ccccc3C(c3ccc(-c4cccc5sc6cc7ccccc7cc6c45)cc3)C2C=C1. The van der Waals surface area contributed by atoms with Gasteiger partial charge in [0.05, 0.1) is 0 Å². The van der Waals surface area contributed by atoms with Gasteiger partial charge in [-0.2, -0.15) is 0 Å². The molecule has 0 spiro atoms. The van der Waals surface area contributed by atoms with E-state index < -0.39 is 0 Å². The van der Waals surface area contributed by atoms with Crippen molar-refractivity contribution in [2.24, 2.45) is 5.92 Å². The van der Waals surface area contributed by atoms with Gasteiger partial charge < -0.3 is 0 Å². The first kappa shape index (κ1) is 26.9. The summed E-state index contributed by atoms with van der Waals surface area (Å²) in [5, 5.41) is 5.32. The minimum Gasteiger partial charge on any atom is -0.135 e. The van der Waals surface area contributed by atoms with Crippen LogP contribution in [0.1, 0.15) is 45.7 Å². The van der Waals surface area contributed by atoms with Crippen molar-refractivity contribution >= 4 is 53.9 Å². The minimum atomic E-state index is 0.253. The molecule has 1 aromatic heterocycles. The fourth-order valence-electron chi connectivity index (χ4n) is 8.47. The maximum absolute atomic E-state index is 2.43. The van der Waals surface area contributed by atoms with Gasteiger partial charge in [-0.3, -0.25) is 0 Å². The normalized spacial score (nSPS) is 18.1. The third kappa shape index (κ3) is 4.20. The highest BCUT2D eigenvalue weighted by Crippen LogP contribution is 2.51. The van der Waals surface area contributed by atoms with Crippen molar-refractivity contribution < 1.29 is 0 Å². The molecule has 6 aromatic carbocycles. The first-order chi connectivity index (χ1) is 23.3. The van der Waals surface area contributed by atoms with E-state index in [0.717, 1.165) is 12.8 Å². The molecule has 2 atom stereocenters. The molecule has 2 unspecified atom stereocenters. The highest BCUT2D eigenvalue weighted by atomic mass is 32.1. The minimum absolute atomic E-state index is 0.253. The Morgan fingerprint density at radius 1 is 0.617 bits per heavy atom. The lowest BCUT2D eigenvalue weighted by atomic mass is 9.66. The van der Waals surface area contributed by atoms with Crippen LogP contribution in [0.2, 0.25) is 0 Å². The highest BCUT2D eigenvalue weighted by molar-refractivity contribution is 7.26. The number of fused-ring (bicyclic) bond motifs is 7. The summed E-state index contributed by atoms with van der Waals surface area (Å²) in [7, 11) is 0. The number of thiophene rings is 1. The number of allylic oxidation sites excluding steroid dienone is 6. The zero-order valence-electron chi connectivity index (χ0n) is 26.0. The van der Waals surface area contributed by atoms with Gasteiger partial charge in [0.15, 0.2) is 0 Å². The predicted molar refractivity (Wildman–Crippen MR) is 202 cm³/mol. The maximum atomic E-state index is 2.43. The van der Waals surface area contributed by atoms with Gasteiger partial charge in [0, 0.05) is 32.0 Å². The molecular weight excluding hydrogens is 585 g/mol.